The topological polar surface area (TPSA) is 97.7 Å². The Bertz CT molecular complexity index is 1650. The lowest BCUT2D eigenvalue weighted by molar-refractivity contribution is -0.119. The Labute approximate surface area is 228 Å². The number of esters is 1. The van der Waals surface area contributed by atoms with Crippen LogP contribution in [0.3, 0.4) is 0 Å². The predicted molar refractivity (Wildman–Crippen MR) is 152 cm³/mol. The van der Waals surface area contributed by atoms with E-state index in [1.54, 1.807) is 0 Å². The van der Waals surface area contributed by atoms with Crippen molar-refractivity contribution in [3.63, 3.8) is 0 Å². The number of anilines is 1. The molecule has 1 saturated heterocycles. The molecule has 2 atom stereocenters. The van der Waals surface area contributed by atoms with Gasteiger partial charge >= 0.3 is 5.97 Å². The van der Waals surface area contributed by atoms with Crippen molar-refractivity contribution in [2.75, 3.05) is 25.0 Å². The maximum atomic E-state index is 13.2. The van der Waals surface area contributed by atoms with E-state index in [4.69, 9.17) is 4.74 Å². The number of para-hydroxylation sites is 1. The molecule has 2 heterocycles. The first-order valence-electron chi connectivity index (χ1n) is 13.3. The normalized spacial score (nSPS) is 18.3. The van der Waals surface area contributed by atoms with E-state index in [2.05, 4.69) is 28.9 Å². The van der Waals surface area contributed by atoms with Crippen LogP contribution < -0.4 is 5.32 Å². The van der Waals surface area contributed by atoms with Crippen molar-refractivity contribution in [1.82, 2.24) is 8.87 Å². The fourth-order valence-electron chi connectivity index (χ4n) is 5.62. The third-order valence-corrected chi connectivity index (χ3v) is 9.08. The smallest absolute Gasteiger partial charge is 0.338 e. The highest BCUT2D eigenvalue weighted by Gasteiger charge is 2.32. The fourth-order valence-corrected chi connectivity index (χ4v) is 7.34. The molecule has 4 aromatic rings. The zero-order chi connectivity index (χ0) is 27.7. The number of rotatable bonds is 7. The van der Waals surface area contributed by atoms with Gasteiger partial charge in [-0.15, -0.1) is 0 Å². The van der Waals surface area contributed by atoms with E-state index in [-0.39, 0.29) is 22.3 Å². The van der Waals surface area contributed by atoms with Crippen LogP contribution in [0, 0.1) is 11.8 Å². The summed E-state index contributed by atoms with van der Waals surface area (Å²) >= 11 is 0. The lowest BCUT2D eigenvalue weighted by atomic mass is 9.94. The summed E-state index contributed by atoms with van der Waals surface area (Å²) in [7, 11) is -3.75. The molecule has 9 heteroatoms. The molecule has 3 aromatic carbocycles. The number of aryl methyl sites for hydroxylation is 1. The predicted octanol–water partition coefficient (Wildman–Crippen LogP) is 5.28. The second kappa shape index (κ2) is 10.8. The average molecular weight is 548 g/mol. The van der Waals surface area contributed by atoms with Crippen LogP contribution in [-0.2, 0) is 26.1 Å². The van der Waals surface area contributed by atoms with Crippen LogP contribution in [0.2, 0.25) is 0 Å². The van der Waals surface area contributed by atoms with Gasteiger partial charge in [-0.3, -0.25) is 4.79 Å². The van der Waals surface area contributed by atoms with Crippen LogP contribution in [0.25, 0.3) is 21.8 Å². The van der Waals surface area contributed by atoms with Crippen molar-refractivity contribution in [2.24, 2.45) is 11.8 Å². The van der Waals surface area contributed by atoms with Gasteiger partial charge < -0.3 is 14.6 Å². The third-order valence-electron chi connectivity index (χ3n) is 7.25. The van der Waals surface area contributed by atoms with Gasteiger partial charge in [0, 0.05) is 47.1 Å². The van der Waals surface area contributed by atoms with Crippen molar-refractivity contribution in [3.8, 4) is 0 Å². The van der Waals surface area contributed by atoms with Gasteiger partial charge in [-0.2, -0.15) is 4.31 Å². The van der Waals surface area contributed by atoms with E-state index in [1.807, 2.05) is 44.2 Å². The number of aromatic nitrogens is 1. The second-order valence-electron chi connectivity index (χ2n) is 10.4. The minimum absolute atomic E-state index is 0.0437. The Morgan fingerprint density at radius 2 is 1.64 bits per heavy atom. The van der Waals surface area contributed by atoms with Gasteiger partial charge in [0.2, 0.25) is 10.0 Å². The molecule has 1 amide bonds. The number of carbonyl (C=O) groups is 2. The maximum Gasteiger partial charge on any atom is 0.338 e. The number of amides is 1. The average Bonchev–Trinajstić information content (AvgIpc) is 3.24. The summed E-state index contributed by atoms with van der Waals surface area (Å²) in [5.41, 5.74) is 2.88. The van der Waals surface area contributed by atoms with Crippen LogP contribution in [0.4, 0.5) is 5.69 Å². The number of benzene rings is 3. The largest absolute Gasteiger partial charge is 0.452 e. The van der Waals surface area contributed by atoms with Crippen LogP contribution in [0.15, 0.2) is 71.6 Å². The molecule has 0 bridgehead atoms. The molecule has 0 unspecified atom stereocenters. The van der Waals surface area contributed by atoms with E-state index in [1.165, 1.54) is 28.6 Å². The lowest BCUT2D eigenvalue weighted by Gasteiger charge is -2.34. The van der Waals surface area contributed by atoms with Crippen LogP contribution >= 0.6 is 0 Å². The Balaban J connectivity index is 1.26. The van der Waals surface area contributed by atoms with Crippen LogP contribution in [-0.4, -0.2) is 48.9 Å². The summed E-state index contributed by atoms with van der Waals surface area (Å²) in [5.74, 6) is -0.714. The van der Waals surface area contributed by atoms with Crippen LogP contribution in [0.1, 0.15) is 37.6 Å². The van der Waals surface area contributed by atoms with Gasteiger partial charge in [0.1, 0.15) is 0 Å². The van der Waals surface area contributed by atoms with Gasteiger partial charge in [0.15, 0.2) is 6.61 Å². The molecule has 0 radical (unpaired) electrons. The monoisotopic (exact) mass is 547 g/mol. The number of piperidine rings is 1. The minimum atomic E-state index is -3.75. The standard InChI is InChI=1S/C30H33N3O5S/c1-4-33-27-11-6-5-10-25(27)26-16-23(12-13-28(26)33)31-29(34)19-38-30(35)22-8-7-9-24(15-22)39(36,37)32-17-20(2)14-21(3)18-32/h5-13,15-16,20-21H,4,14,17-19H2,1-3H3,(H,31,34)/t20-,21+. The quantitative estimate of drug-likeness (QED) is 0.318. The van der Waals surface area contributed by atoms with Crippen molar-refractivity contribution >= 4 is 49.4 Å². The van der Waals surface area contributed by atoms with Gasteiger partial charge in [-0.05, 0) is 67.6 Å². The summed E-state index contributed by atoms with van der Waals surface area (Å²) in [6.45, 7) is 7.40. The van der Waals surface area contributed by atoms with E-state index in [0.29, 0.717) is 18.8 Å². The molecule has 204 valence electrons. The van der Waals surface area contributed by atoms with Crippen molar-refractivity contribution in [1.29, 1.82) is 0 Å². The SMILES string of the molecule is CCn1c2ccccc2c2cc(NC(=O)COC(=O)c3cccc(S(=O)(=O)N4C[C@H](C)C[C@H](C)C4)c3)ccc21. The molecule has 8 nitrogen and oxygen atoms in total. The van der Waals surface area contributed by atoms with Gasteiger partial charge in [0.25, 0.3) is 5.91 Å². The molecular formula is C30H33N3O5S. The fraction of sp³-hybridized carbons (Fsp3) is 0.333. The van der Waals surface area contributed by atoms with Gasteiger partial charge in [-0.25, -0.2) is 13.2 Å². The number of sulfonamides is 1. The minimum Gasteiger partial charge on any atom is -0.452 e. The van der Waals surface area contributed by atoms with Crippen molar-refractivity contribution < 1.29 is 22.7 Å². The molecule has 39 heavy (non-hydrogen) atoms. The number of nitrogens with zero attached hydrogens (tertiary/aromatic N) is 2. The number of fused-ring (bicyclic) bond motifs is 3. The number of carbonyl (C=O) groups excluding carboxylic acids is 2. The molecule has 5 rings (SSSR count). The Morgan fingerprint density at radius 3 is 2.38 bits per heavy atom. The first-order chi connectivity index (χ1) is 18.7. The van der Waals surface area contributed by atoms with E-state index < -0.39 is 28.5 Å². The Kier molecular flexibility index (Phi) is 7.46. The molecule has 1 aliphatic heterocycles. The number of hydrogen-bond acceptors (Lipinski definition) is 5. The van der Waals surface area contributed by atoms with E-state index in [0.717, 1.165) is 34.8 Å². The molecule has 1 N–H and O–H groups in total. The molecule has 1 fully saturated rings. The van der Waals surface area contributed by atoms with Gasteiger partial charge in [-0.1, -0.05) is 38.1 Å². The second-order valence-corrected chi connectivity index (χ2v) is 12.4. The molecule has 0 spiro atoms. The van der Waals surface area contributed by atoms with Crippen molar-refractivity contribution in [3.05, 3.63) is 72.3 Å². The molecule has 1 aromatic heterocycles. The number of nitrogens with one attached hydrogen (secondary N) is 1. The highest BCUT2D eigenvalue weighted by Crippen LogP contribution is 2.31. The molecule has 0 saturated carbocycles. The number of ether oxygens (including phenoxy) is 1. The lowest BCUT2D eigenvalue weighted by Crippen LogP contribution is -2.42. The molecule has 1 aliphatic rings. The Morgan fingerprint density at radius 1 is 0.923 bits per heavy atom. The molecular weight excluding hydrogens is 514 g/mol. The van der Waals surface area contributed by atoms with Crippen LogP contribution in [0.5, 0.6) is 0 Å². The highest BCUT2D eigenvalue weighted by molar-refractivity contribution is 7.89. The Hall–Kier alpha value is -3.69. The van der Waals surface area contributed by atoms with Crippen molar-refractivity contribution in [2.45, 2.75) is 38.6 Å². The summed E-state index contributed by atoms with van der Waals surface area (Å²) in [6, 6.07) is 19.6. The summed E-state index contributed by atoms with van der Waals surface area (Å²) in [4.78, 5) is 25.4. The number of hydrogen-bond donors (Lipinski definition) is 1. The third kappa shape index (κ3) is 5.42. The van der Waals surface area contributed by atoms with Gasteiger partial charge in [0.05, 0.1) is 10.5 Å². The zero-order valence-corrected chi connectivity index (χ0v) is 23.2. The summed E-state index contributed by atoms with van der Waals surface area (Å²) in [6.07, 6.45) is 0.983. The summed E-state index contributed by atoms with van der Waals surface area (Å²) in [5, 5.41) is 4.91. The van der Waals surface area contributed by atoms with E-state index in [9.17, 15) is 18.0 Å². The molecule has 0 aliphatic carbocycles. The first-order valence-corrected chi connectivity index (χ1v) is 14.7. The highest BCUT2D eigenvalue weighted by atomic mass is 32.2. The van der Waals surface area contributed by atoms with E-state index >= 15 is 0 Å². The zero-order valence-electron chi connectivity index (χ0n) is 22.4. The first kappa shape index (κ1) is 26.9. The summed E-state index contributed by atoms with van der Waals surface area (Å²) < 4.78 is 35.4. The maximum absolute atomic E-state index is 13.2.